The first-order chi connectivity index (χ1) is 10.1. The number of aryl methyl sites for hydroxylation is 1. The molecule has 0 fully saturated rings. The Morgan fingerprint density at radius 2 is 1.95 bits per heavy atom. The van der Waals surface area contributed by atoms with Crippen molar-refractivity contribution in [2.24, 2.45) is 5.73 Å². The minimum atomic E-state index is -0.473. The van der Waals surface area contributed by atoms with Crippen molar-refractivity contribution in [2.75, 3.05) is 0 Å². The molecule has 3 aromatic rings. The largest absolute Gasteiger partial charge is 0.366 e. The molecule has 0 bridgehead atoms. The number of rotatable bonds is 3. The Balaban J connectivity index is 2.09. The maximum Gasteiger partial charge on any atom is 0.241 e. The number of carbonyl (C=O) groups is 1. The van der Waals surface area contributed by atoms with Crippen LogP contribution in [0.2, 0.25) is 0 Å². The van der Waals surface area contributed by atoms with Gasteiger partial charge in [0.15, 0.2) is 5.76 Å². The summed E-state index contributed by atoms with van der Waals surface area (Å²) in [6, 6.07) is 13.7. The van der Waals surface area contributed by atoms with Crippen LogP contribution >= 0.6 is 0 Å². The van der Waals surface area contributed by atoms with Gasteiger partial charge in [0.05, 0.1) is 5.39 Å². The Bertz CT molecular complexity index is 830. The van der Waals surface area contributed by atoms with E-state index in [0.717, 1.165) is 27.8 Å². The Kier molecular flexibility index (Phi) is 3.28. The van der Waals surface area contributed by atoms with E-state index in [0.29, 0.717) is 0 Å². The molecule has 2 aromatic carbocycles. The van der Waals surface area contributed by atoms with Gasteiger partial charge in [0, 0.05) is 11.6 Å². The van der Waals surface area contributed by atoms with E-state index in [1.165, 1.54) is 11.6 Å². The van der Waals surface area contributed by atoms with Crippen molar-refractivity contribution in [3.63, 3.8) is 0 Å². The number of benzene rings is 2. The second-order valence-corrected chi connectivity index (χ2v) is 4.89. The molecule has 0 aliphatic heterocycles. The van der Waals surface area contributed by atoms with Crippen molar-refractivity contribution in [1.29, 1.82) is 0 Å². The fraction of sp³-hybridized carbons (Fsp3) is 0.0588. The number of aromatic nitrogens is 1. The predicted molar refractivity (Wildman–Crippen MR) is 82.4 cm³/mol. The molecule has 0 aliphatic carbocycles. The summed E-state index contributed by atoms with van der Waals surface area (Å²) in [5, 5.41) is 4.97. The minimum absolute atomic E-state index is 0.473. The summed E-state index contributed by atoms with van der Waals surface area (Å²) < 4.78 is 5.46. The molecule has 0 atom stereocenters. The van der Waals surface area contributed by atoms with Crippen LogP contribution in [0.15, 0.2) is 53.1 Å². The average Bonchev–Trinajstić information content (AvgIpc) is 2.89. The van der Waals surface area contributed by atoms with E-state index >= 15 is 0 Å². The van der Waals surface area contributed by atoms with Crippen LogP contribution in [0.1, 0.15) is 11.1 Å². The topological polar surface area (TPSA) is 69.1 Å². The van der Waals surface area contributed by atoms with Gasteiger partial charge in [-0.15, -0.1) is 0 Å². The van der Waals surface area contributed by atoms with Crippen molar-refractivity contribution in [1.82, 2.24) is 5.16 Å². The molecule has 2 N–H and O–H groups in total. The zero-order chi connectivity index (χ0) is 14.8. The third-order valence-corrected chi connectivity index (χ3v) is 3.25. The lowest BCUT2D eigenvalue weighted by molar-refractivity contribution is -0.113. The number of nitrogens with two attached hydrogens (primary N) is 1. The molecule has 0 unspecified atom stereocenters. The van der Waals surface area contributed by atoms with Crippen LogP contribution in [-0.2, 0) is 4.79 Å². The number of carbonyl (C=O) groups excluding carboxylic acids is 1. The van der Waals surface area contributed by atoms with Crippen LogP contribution in [-0.4, -0.2) is 11.1 Å². The van der Waals surface area contributed by atoms with Crippen LogP contribution in [0.5, 0.6) is 0 Å². The van der Waals surface area contributed by atoms with Crippen molar-refractivity contribution >= 4 is 22.9 Å². The lowest BCUT2D eigenvalue weighted by Gasteiger charge is -1.98. The van der Waals surface area contributed by atoms with Crippen LogP contribution in [0.25, 0.3) is 28.3 Å². The summed E-state index contributed by atoms with van der Waals surface area (Å²) in [4.78, 5) is 10.8. The molecular formula is C17H14N2O2. The van der Waals surface area contributed by atoms with Gasteiger partial charge in [0.25, 0.3) is 0 Å². The Hall–Kier alpha value is -2.88. The van der Waals surface area contributed by atoms with Gasteiger partial charge in [-0.3, -0.25) is 4.79 Å². The third-order valence-electron chi connectivity index (χ3n) is 3.25. The van der Waals surface area contributed by atoms with Crippen molar-refractivity contribution < 1.29 is 9.32 Å². The fourth-order valence-electron chi connectivity index (χ4n) is 2.15. The first kappa shape index (κ1) is 13.1. The molecule has 0 saturated heterocycles. The lowest BCUT2D eigenvalue weighted by atomic mass is 10.0. The highest BCUT2D eigenvalue weighted by atomic mass is 16.5. The molecule has 1 aromatic heterocycles. The van der Waals surface area contributed by atoms with Crippen LogP contribution in [0.3, 0.4) is 0 Å². The third kappa shape index (κ3) is 2.69. The molecular weight excluding hydrogens is 264 g/mol. The molecule has 1 amide bonds. The predicted octanol–water partition coefficient (Wildman–Crippen LogP) is 3.30. The van der Waals surface area contributed by atoms with E-state index < -0.39 is 5.91 Å². The van der Waals surface area contributed by atoms with Gasteiger partial charge in [-0.05, 0) is 30.7 Å². The van der Waals surface area contributed by atoms with Gasteiger partial charge in [0.2, 0.25) is 5.91 Å². The summed E-state index contributed by atoms with van der Waals surface area (Å²) >= 11 is 0. The number of amides is 1. The maximum atomic E-state index is 10.8. The summed E-state index contributed by atoms with van der Waals surface area (Å²) in [6.45, 7) is 2.04. The quantitative estimate of drug-likeness (QED) is 0.747. The number of nitrogens with zero attached hydrogens (tertiary/aromatic N) is 1. The highest BCUT2D eigenvalue weighted by molar-refractivity contribution is 5.94. The van der Waals surface area contributed by atoms with Gasteiger partial charge in [0.1, 0.15) is 5.52 Å². The van der Waals surface area contributed by atoms with Gasteiger partial charge in [-0.2, -0.15) is 0 Å². The van der Waals surface area contributed by atoms with Crippen LogP contribution in [0.4, 0.5) is 0 Å². The molecule has 0 radical (unpaired) electrons. The number of fused-ring (bicyclic) bond motifs is 1. The summed E-state index contributed by atoms with van der Waals surface area (Å²) in [7, 11) is 0. The van der Waals surface area contributed by atoms with Crippen molar-refractivity contribution in [3.05, 3.63) is 59.7 Å². The molecule has 0 saturated carbocycles. The molecule has 3 rings (SSSR count). The fourth-order valence-corrected chi connectivity index (χ4v) is 2.15. The SMILES string of the molecule is Cc1ccc(-c2onc3ccc(/C=C\C(N)=O)cc23)cc1. The number of primary amides is 1. The average molecular weight is 278 g/mol. The van der Waals surface area contributed by atoms with Crippen molar-refractivity contribution in [2.45, 2.75) is 6.92 Å². The van der Waals surface area contributed by atoms with Gasteiger partial charge >= 0.3 is 0 Å². The van der Waals surface area contributed by atoms with E-state index in [1.54, 1.807) is 6.08 Å². The Morgan fingerprint density at radius 3 is 2.67 bits per heavy atom. The first-order valence-corrected chi connectivity index (χ1v) is 6.57. The smallest absolute Gasteiger partial charge is 0.241 e. The minimum Gasteiger partial charge on any atom is -0.366 e. The zero-order valence-corrected chi connectivity index (χ0v) is 11.5. The second kappa shape index (κ2) is 5.25. The van der Waals surface area contributed by atoms with Crippen LogP contribution < -0.4 is 5.73 Å². The summed E-state index contributed by atoms with van der Waals surface area (Å²) in [6.07, 6.45) is 3.01. The Morgan fingerprint density at radius 1 is 1.19 bits per heavy atom. The lowest BCUT2D eigenvalue weighted by Crippen LogP contribution is -2.04. The second-order valence-electron chi connectivity index (χ2n) is 4.89. The first-order valence-electron chi connectivity index (χ1n) is 6.57. The number of hydrogen-bond donors (Lipinski definition) is 1. The molecule has 104 valence electrons. The molecule has 0 aliphatic rings. The van der Waals surface area contributed by atoms with Crippen LogP contribution in [0, 0.1) is 6.92 Å². The van der Waals surface area contributed by atoms with Gasteiger partial charge < -0.3 is 10.3 Å². The molecule has 4 heteroatoms. The maximum absolute atomic E-state index is 10.8. The molecule has 1 heterocycles. The van der Waals surface area contributed by atoms with Crippen molar-refractivity contribution in [3.8, 4) is 11.3 Å². The van der Waals surface area contributed by atoms with E-state index in [-0.39, 0.29) is 0 Å². The summed E-state index contributed by atoms with van der Waals surface area (Å²) in [5.41, 5.74) is 8.92. The Labute approximate surface area is 121 Å². The molecule has 0 spiro atoms. The molecule has 21 heavy (non-hydrogen) atoms. The molecule has 4 nitrogen and oxygen atoms in total. The van der Waals surface area contributed by atoms with E-state index in [4.69, 9.17) is 10.3 Å². The highest BCUT2D eigenvalue weighted by Gasteiger charge is 2.10. The number of hydrogen-bond acceptors (Lipinski definition) is 3. The highest BCUT2D eigenvalue weighted by Crippen LogP contribution is 2.29. The zero-order valence-electron chi connectivity index (χ0n) is 11.5. The van der Waals surface area contributed by atoms with Gasteiger partial charge in [-0.1, -0.05) is 41.1 Å². The standard InChI is InChI=1S/C17H14N2O2/c1-11-2-6-13(7-3-11)17-14-10-12(5-9-16(18)20)4-8-15(14)19-21-17/h2-10H,1H3,(H2,18,20)/b9-5-. The van der Waals surface area contributed by atoms with E-state index in [2.05, 4.69) is 5.16 Å². The monoisotopic (exact) mass is 278 g/mol. The van der Waals surface area contributed by atoms with E-state index in [9.17, 15) is 4.79 Å². The van der Waals surface area contributed by atoms with E-state index in [1.807, 2.05) is 49.4 Å². The van der Waals surface area contributed by atoms with Gasteiger partial charge in [-0.25, -0.2) is 0 Å². The summed E-state index contributed by atoms with van der Waals surface area (Å²) in [5.74, 6) is 0.249. The normalized spacial score (nSPS) is 11.3.